The molecule has 2 saturated heterocycles. The van der Waals surface area contributed by atoms with Gasteiger partial charge in [0.05, 0.1) is 22.7 Å². The minimum absolute atomic E-state index is 0.0136. The van der Waals surface area contributed by atoms with Crippen LogP contribution in [0, 0.1) is 0 Å². The molecule has 3 aromatic heterocycles. The van der Waals surface area contributed by atoms with Crippen molar-refractivity contribution in [2.75, 3.05) is 38.3 Å². The normalized spacial score (nSPS) is 18.1. The first kappa shape index (κ1) is 22.2. The number of hydrogen-bond acceptors (Lipinski definition) is 6. The smallest absolute Gasteiger partial charge is 0.329 e. The maximum atomic E-state index is 13.3. The van der Waals surface area contributed by atoms with Crippen molar-refractivity contribution in [1.82, 2.24) is 24.4 Å². The van der Waals surface area contributed by atoms with E-state index in [1.165, 1.54) is 0 Å². The molecule has 0 bridgehead atoms. The van der Waals surface area contributed by atoms with E-state index in [0.717, 1.165) is 77.7 Å². The molecule has 0 atom stereocenters. The number of fused-ring (bicyclic) bond motifs is 3. The van der Waals surface area contributed by atoms with Crippen LogP contribution in [0.2, 0.25) is 0 Å². The van der Waals surface area contributed by atoms with Gasteiger partial charge in [-0.25, -0.2) is 9.78 Å². The molecule has 5 heterocycles. The molecule has 0 aliphatic carbocycles. The lowest BCUT2D eigenvalue weighted by Crippen LogP contribution is -2.41. The van der Waals surface area contributed by atoms with Crippen molar-refractivity contribution in [3.63, 3.8) is 0 Å². The van der Waals surface area contributed by atoms with E-state index < -0.39 is 0 Å². The third kappa shape index (κ3) is 3.90. The van der Waals surface area contributed by atoms with Crippen molar-refractivity contribution < 1.29 is 4.74 Å². The number of hydrogen-bond donors (Lipinski definition) is 1. The van der Waals surface area contributed by atoms with Gasteiger partial charge >= 0.3 is 5.69 Å². The molecule has 0 spiro atoms. The van der Waals surface area contributed by atoms with Gasteiger partial charge in [-0.15, -0.1) is 0 Å². The number of aryl methyl sites for hydroxylation is 1. The highest BCUT2D eigenvalue weighted by atomic mass is 16.5. The molecular formula is C27H32N6O2. The van der Waals surface area contributed by atoms with Crippen LogP contribution in [-0.2, 0) is 11.8 Å². The van der Waals surface area contributed by atoms with Crippen LogP contribution in [0.1, 0.15) is 31.7 Å². The number of nitrogens with one attached hydrogen (secondary N) is 1. The van der Waals surface area contributed by atoms with Crippen LogP contribution >= 0.6 is 0 Å². The van der Waals surface area contributed by atoms with Gasteiger partial charge in [0.25, 0.3) is 0 Å². The summed E-state index contributed by atoms with van der Waals surface area (Å²) in [7, 11) is 3.87. The predicted molar refractivity (Wildman–Crippen MR) is 139 cm³/mol. The van der Waals surface area contributed by atoms with E-state index in [9.17, 15) is 4.79 Å². The summed E-state index contributed by atoms with van der Waals surface area (Å²) < 4.78 is 9.25. The van der Waals surface area contributed by atoms with Crippen molar-refractivity contribution in [1.29, 1.82) is 0 Å². The maximum Gasteiger partial charge on any atom is 0.329 e. The van der Waals surface area contributed by atoms with Crippen LogP contribution < -0.4 is 15.9 Å². The number of rotatable bonds is 4. The molecule has 2 aliphatic rings. The lowest BCUT2D eigenvalue weighted by atomic mass is 10.0. The number of nitrogens with zero attached hydrogens (tertiary/aromatic N) is 5. The minimum atomic E-state index is 0.0136. The zero-order chi connectivity index (χ0) is 23.9. The van der Waals surface area contributed by atoms with Crippen molar-refractivity contribution in [2.24, 2.45) is 7.05 Å². The highest BCUT2D eigenvalue weighted by Crippen LogP contribution is 2.32. The van der Waals surface area contributed by atoms with E-state index in [4.69, 9.17) is 9.72 Å². The molecule has 2 aliphatic heterocycles. The lowest BCUT2D eigenvalue weighted by Gasteiger charge is -2.32. The highest BCUT2D eigenvalue weighted by Gasteiger charge is 2.24. The fraction of sp³-hybridized carbons (Fsp3) is 0.444. The Labute approximate surface area is 204 Å². The van der Waals surface area contributed by atoms with Crippen molar-refractivity contribution in [3.05, 3.63) is 53.2 Å². The number of piperidine rings is 1. The Balaban J connectivity index is 1.39. The Morgan fingerprint density at radius 3 is 2.46 bits per heavy atom. The van der Waals surface area contributed by atoms with Crippen LogP contribution in [-0.4, -0.2) is 58.5 Å². The first-order valence-electron chi connectivity index (χ1n) is 12.6. The number of ether oxygens (including phenoxy) is 1. The minimum Gasteiger partial charge on any atom is -0.381 e. The molecule has 2 fully saturated rings. The summed E-state index contributed by atoms with van der Waals surface area (Å²) in [6, 6.07) is 11.3. The Kier molecular flexibility index (Phi) is 5.78. The predicted octanol–water partition coefficient (Wildman–Crippen LogP) is 3.49. The second-order valence-corrected chi connectivity index (χ2v) is 9.73. The van der Waals surface area contributed by atoms with Crippen LogP contribution in [0.25, 0.3) is 33.1 Å². The second-order valence-electron chi connectivity index (χ2n) is 9.73. The van der Waals surface area contributed by atoms with Gasteiger partial charge in [-0.1, -0.05) is 6.07 Å². The highest BCUT2D eigenvalue weighted by molar-refractivity contribution is 6.04. The van der Waals surface area contributed by atoms with Gasteiger partial charge in [0.2, 0.25) is 0 Å². The molecule has 182 valence electrons. The molecule has 35 heavy (non-hydrogen) atoms. The fourth-order valence-electron chi connectivity index (χ4n) is 5.63. The summed E-state index contributed by atoms with van der Waals surface area (Å²) in [4.78, 5) is 25.1. The Bertz CT molecular complexity index is 1410. The second kappa shape index (κ2) is 9.09. The summed E-state index contributed by atoms with van der Waals surface area (Å²) in [5.74, 6) is 1.03. The van der Waals surface area contributed by atoms with Gasteiger partial charge in [0, 0.05) is 62.6 Å². The summed E-state index contributed by atoms with van der Waals surface area (Å²) in [5.41, 5.74) is 4.88. The largest absolute Gasteiger partial charge is 0.381 e. The standard InChI is InChI=1S/C27H32N6O2/c1-28-20-7-11-32(12-8-20)25-6-4-19(16-30-25)18-3-5-23-22(15-18)26-24(17-29-23)31(2)27(34)33(26)21-9-13-35-14-10-21/h3-6,15-17,20-21,28H,7-14H2,1-2H3. The third-order valence-corrected chi connectivity index (χ3v) is 7.78. The number of pyridine rings is 2. The molecule has 1 N–H and O–H groups in total. The molecule has 1 aromatic carbocycles. The van der Waals surface area contributed by atoms with Gasteiger partial charge in [-0.05, 0) is 62.6 Å². The van der Waals surface area contributed by atoms with E-state index in [1.807, 2.05) is 37.1 Å². The van der Waals surface area contributed by atoms with Gasteiger partial charge in [-0.2, -0.15) is 0 Å². The zero-order valence-electron chi connectivity index (χ0n) is 20.4. The average molecular weight is 473 g/mol. The van der Waals surface area contributed by atoms with Gasteiger partial charge in [-0.3, -0.25) is 14.1 Å². The molecule has 4 aromatic rings. The molecule has 0 saturated carbocycles. The number of benzene rings is 1. The van der Waals surface area contributed by atoms with Crippen molar-refractivity contribution >= 4 is 27.8 Å². The Hall–Kier alpha value is -3.23. The van der Waals surface area contributed by atoms with Gasteiger partial charge < -0.3 is 15.0 Å². The monoisotopic (exact) mass is 472 g/mol. The Morgan fingerprint density at radius 2 is 1.74 bits per heavy atom. The van der Waals surface area contributed by atoms with E-state index in [1.54, 1.807) is 4.57 Å². The molecule has 8 heteroatoms. The molecule has 0 radical (unpaired) electrons. The summed E-state index contributed by atoms with van der Waals surface area (Å²) >= 11 is 0. The summed E-state index contributed by atoms with van der Waals surface area (Å²) in [5, 5.41) is 4.38. The van der Waals surface area contributed by atoms with Crippen LogP contribution in [0.15, 0.2) is 47.5 Å². The molecule has 6 rings (SSSR count). The quantitative estimate of drug-likeness (QED) is 0.490. The lowest BCUT2D eigenvalue weighted by molar-refractivity contribution is 0.0697. The van der Waals surface area contributed by atoms with Crippen molar-refractivity contribution in [2.45, 2.75) is 37.8 Å². The first-order chi connectivity index (χ1) is 17.1. The van der Waals surface area contributed by atoms with E-state index in [-0.39, 0.29) is 11.7 Å². The SMILES string of the molecule is CNC1CCN(c2ccc(-c3ccc4ncc5c(c4c3)n(C3CCOCC3)c(=O)n5C)cn2)CC1. The molecule has 0 amide bonds. The van der Waals surface area contributed by atoms with Crippen LogP contribution in [0.4, 0.5) is 5.82 Å². The number of aromatic nitrogens is 4. The fourth-order valence-corrected chi connectivity index (χ4v) is 5.63. The van der Waals surface area contributed by atoms with E-state index in [0.29, 0.717) is 19.3 Å². The number of anilines is 1. The molecule has 8 nitrogen and oxygen atoms in total. The van der Waals surface area contributed by atoms with Crippen molar-refractivity contribution in [3.8, 4) is 11.1 Å². The van der Waals surface area contributed by atoms with E-state index in [2.05, 4.69) is 39.5 Å². The zero-order valence-corrected chi connectivity index (χ0v) is 20.4. The van der Waals surface area contributed by atoms with Crippen LogP contribution in [0.3, 0.4) is 0 Å². The molecule has 0 unspecified atom stereocenters. The summed E-state index contributed by atoms with van der Waals surface area (Å²) in [6.07, 6.45) is 7.75. The Morgan fingerprint density at radius 1 is 0.971 bits per heavy atom. The third-order valence-electron chi connectivity index (χ3n) is 7.78. The van der Waals surface area contributed by atoms with Gasteiger partial charge in [0.1, 0.15) is 5.82 Å². The van der Waals surface area contributed by atoms with Gasteiger partial charge in [0.15, 0.2) is 0 Å². The maximum absolute atomic E-state index is 13.3. The average Bonchev–Trinajstić information content (AvgIpc) is 3.19. The van der Waals surface area contributed by atoms with E-state index >= 15 is 0 Å². The first-order valence-corrected chi connectivity index (χ1v) is 12.6. The molecular weight excluding hydrogens is 440 g/mol. The number of imidazole rings is 1. The van der Waals surface area contributed by atoms with Crippen LogP contribution in [0.5, 0.6) is 0 Å². The topological polar surface area (TPSA) is 77.2 Å². The summed E-state index contributed by atoms with van der Waals surface area (Å²) in [6.45, 7) is 3.42.